The number of carbonyl (C=O) groups excluding carboxylic acids is 1. The smallest absolute Gasteiger partial charge is 0.305 e. The zero-order valence-electron chi connectivity index (χ0n) is 11.1. The van der Waals surface area contributed by atoms with Gasteiger partial charge < -0.3 is 15.6 Å². The van der Waals surface area contributed by atoms with Crippen LogP contribution in [0, 0.1) is 13.8 Å². The van der Waals surface area contributed by atoms with Gasteiger partial charge in [0.25, 0.3) is 0 Å². The molecule has 0 aromatic heterocycles. The van der Waals surface area contributed by atoms with Crippen molar-refractivity contribution in [1.29, 1.82) is 0 Å². The van der Waals surface area contributed by atoms with Gasteiger partial charge >= 0.3 is 5.97 Å². The van der Waals surface area contributed by atoms with Crippen LogP contribution < -0.4 is 5.73 Å². The summed E-state index contributed by atoms with van der Waals surface area (Å²) in [5, 5.41) is 10.1. The molecule has 18 heavy (non-hydrogen) atoms. The number of esters is 1. The van der Waals surface area contributed by atoms with Crippen molar-refractivity contribution in [2.45, 2.75) is 38.8 Å². The first kappa shape index (κ1) is 14.7. The Morgan fingerprint density at radius 3 is 2.61 bits per heavy atom. The maximum atomic E-state index is 11.0. The molecule has 0 fully saturated rings. The maximum absolute atomic E-state index is 11.0. The lowest BCUT2D eigenvalue weighted by molar-refractivity contribution is -0.140. The van der Waals surface area contributed by atoms with Crippen molar-refractivity contribution >= 4 is 5.97 Å². The van der Waals surface area contributed by atoms with Crippen molar-refractivity contribution in [2.75, 3.05) is 7.11 Å². The average molecular weight is 251 g/mol. The van der Waals surface area contributed by atoms with Gasteiger partial charge in [0.15, 0.2) is 0 Å². The van der Waals surface area contributed by atoms with E-state index >= 15 is 0 Å². The van der Waals surface area contributed by atoms with E-state index in [4.69, 9.17) is 5.73 Å². The molecule has 0 spiro atoms. The van der Waals surface area contributed by atoms with Crippen molar-refractivity contribution in [2.24, 2.45) is 5.73 Å². The number of ether oxygens (including phenoxy) is 1. The summed E-state index contributed by atoms with van der Waals surface area (Å²) in [6.45, 7) is 4.01. The number of carbonyl (C=O) groups is 1. The number of rotatable bonds is 5. The summed E-state index contributed by atoms with van der Waals surface area (Å²) < 4.78 is 4.54. The van der Waals surface area contributed by atoms with Crippen LogP contribution in [0.3, 0.4) is 0 Å². The Labute approximate surface area is 108 Å². The molecule has 2 unspecified atom stereocenters. The van der Waals surface area contributed by atoms with E-state index in [9.17, 15) is 9.90 Å². The molecule has 0 aliphatic carbocycles. The van der Waals surface area contributed by atoms with E-state index in [0.29, 0.717) is 6.42 Å². The highest BCUT2D eigenvalue weighted by molar-refractivity contribution is 5.69. The molecule has 0 saturated heterocycles. The van der Waals surface area contributed by atoms with E-state index in [2.05, 4.69) is 4.74 Å². The summed E-state index contributed by atoms with van der Waals surface area (Å²) in [4.78, 5) is 11.0. The first-order valence-electron chi connectivity index (χ1n) is 6.03. The SMILES string of the molecule is COC(=O)CCC(N)C(O)c1ccc(C)c(C)c1. The van der Waals surface area contributed by atoms with E-state index in [1.165, 1.54) is 12.7 Å². The second-order valence-corrected chi connectivity index (χ2v) is 4.57. The lowest BCUT2D eigenvalue weighted by Gasteiger charge is -2.19. The average Bonchev–Trinajstić information content (AvgIpc) is 2.37. The first-order valence-corrected chi connectivity index (χ1v) is 6.03. The fraction of sp³-hybridized carbons (Fsp3) is 0.500. The lowest BCUT2D eigenvalue weighted by atomic mass is 9.96. The van der Waals surface area contributed by atoms with Crippen LogP contribution in [0.15, 0.2) is 18.2 Å². The number of aliphatic hydroxyl groups excluding tert-OH is 1. The predicted octanol–water partition coefficient (Wildman–Crippen LogP) is 1.62. The monoisotopic (exact) mass is 251 g/mol. The highest BCUT2D eigenvalue weighted by atomic mass is 16.5. The summed E-state index contributed by atoms with van der Waals surface area (Å²) in [5.74, 6) is -0.308. The molecule has 1 aromatic rings. The Hall–Kier alpha value is -1.39. The minimum Gasteiger partial charge on any atom is -0.469 e. The fourth-order valence-corrected chi connectivity index (χ4v) is 1.74. The molecule has 1 rings (SSSR count). The summed E-state index contributed by atoms with van der Waals surface area (Å²) in [5.41, 5.74) is 8.96. The number of methoxy groups -OCH3 is 1. The second-order valence-electron chi connectivity index (χ2n) is 4.57. The lowest BCUT2D eigenvalue weighted by Crippen LogP contribution is -2.29. The highest BCUT2D eigenvalue weighted by Gasteiger charge is 2.18. The van der Waals surface area contributed by atoms with Gasteiger partial charge in [-0.1, -0.05) is 18.2 Å². The summed E-state index contributed by atoms with van der Waals surface area (Å²) >= 11 is 0. The van der Waals surface area contributed by atoms with Gasteiger partial charge in [-0.2, -0.15) is 0 Å². The number of aliphatic hydroxyl groups is 1. The van der Waals surface area contributed by atoms with E-state index in [-0.39, 0.29) is 12.4 Å². The molecule has 3 N–H and O–H groups in total. The van der Waals surface area contributed by atoms with Crippen molar-refractivity contribution in [3.63, 3.8) is 0 Å². The van der Waals surface area contributed by atoms with Crippen molar-refractivity contribution < 1.29 is 14.6 Å². The van der Waals surface area contributed by atoms with Gasteiger partial charge in [0, 0.05) is 12.5 Å². The zero-order chi connectivity index (χ0) is 13.7. The van der Waals surface area contributed by atoms with Gasteiger partial charge in [-0.3, -0.25) is 4.79 Å². The third-order valence-electron chi connectivity index (χ3n) is 3.19. The molecule has 100 valence electrons. The Balaban J connectivity index is 2.65. The van der Waals surface area contributed by atoms with Crippen molar-refractivity contribution in [3.05, 3.63) is 34.9 Å². The van der Waals surface area contributed by atoms with Gasteiger partial charge in [0.1, 0.15) is 0 Å². The molecule has 0 amide bonds. The predicted molar refractivity (Wildman–Crippen MR) is 70.1 cm³/mol. The molecule has 0 radical (unpaired) electrons. The van der Waals surface area contributed by atoms with Crippen LogP contribution in [0.1, 0.15) is 35.6 Å². The number of aryl methyl sites for hydroxylation is 2. The number of nitrogens with two attached hydrogens (primary N) is 1. The van der Waals surface area contributed by atoms with E-state index < -0.39 is 12.1 Å². The van der Waals surface area contributed by atoms with Crippen LogP contribution in [0.5, 0.6) is 0 Å². The van der Waals surface area contributed by atoms with Gasteiger partial charge in [0.05, 0.1) is 13.2 Å². The molecule has 4 heteroatoms. The van der Waals surface area contributed by atoms with Crippen LogP contribution in [-0.4, -0.2) is 24.2 Å². The van der Waals surface area contributed by atoms with Crippen molar-refractivity contribution in [1.82, 2.24) is 0 Å². The van der Waals surface area contributed by atoms with E-state index in [1.807, 2.05) is 32.0 Å². The third-order valence-corrected chi connectivity index (χ3v) is 3.19. The third kappa shape index (κ3) is 3.82. The van der Waals surface area contributed by atoms with Gasteiger partial charge in [-0.15, -0.1) is 0 Å². The summed E-state index contributed by atoms with van der Waals surface area (Å²) in [7, 11) is 1.34. The number of hydrogen-bond acceptors (Lipinski definition) is 4. The molecule has 0 bridgehead atoms. The highest BCUT2D eigenvalue weighted by Crippen LogP contribution is 2.21. The molecular weight excluding hydrogens is 230 g/mol. The largest absolute Gasteiger partial charge is 0.469 e. The minimum absolute atomic E-state index is 0.222. The molecular formula is C14H21NO3. The van der Waals surface area contributed by atoms with E-state index in [1.54, 1.807) is 0 Å². The summed E-state index contributed by atoms with van der Waals surface area (Å²) in [6, 6.07) is 5.29. The zero-order valence-corrected chi connectivity index (χ0v) is 11.1. The van der Waals surface area contributed by atoms with Gasteiger partial charge in [-0.05, 0) is 37.0 Å². The summed E-state index contributed by atoms with van der Waals surface area (Å²) in [6.07, 6.45) is -0.130. The molecule has 0 aliphatic rings. The molecule has 1 aromatic carbocycles. The standard InChI is InChI=1S/C14H21NO3/c1-9-4-5-11(8-10(9)2)14(17)12(15)6-7-13(16)18-3/h4-5,8,12,14,17H,6-7,15H2,1-3H3. The van der Waals surface area contributed by atoms with Crippen LogP contribution >= 0.6 is 0 Å². The van der Waals surface area contributed by atoms with Crippen LogP contribution in [-0.2, 0) is 9.53 Å². The molecule has 0 aliphatic heterocycles. The Kier molecular flexibility index (Phi) is 5.31. The topological polar surface area (TPSA) is 72.5 Å². The molecule has 0 heterocycles. The Morgan fingerprint density at radius 2 is 2.06 bits per heavy atom. The van der Waals surface area contributed by atoms with E-state index in [0.717, 1.165) is 11.1 Å². The Bertz CT molecular complexity index is 418. The maximum Gasteiger partial charge on any atom is 0.305 e. The van der Waals surface area contributed by atoms with Crippen LogP contribution in [0.4, 0.5) is 0 Å². The number of hydrogen-bond donors (Lipinski definition) is 2. The van der Waals surface area contributed by atoms with Gasteiger partial charge in [-0.25, -0.2) is 0 Å². The van der Waals surface area contributed by atoms with Crippen LogP contribution in [0.2, 0.25) is 0 Å². The van der Waals surface area contributed by atoms with Gasteiger partial charge in [0.2, 0.25) is 0 Å². The molecule has 4 nitrogen and oxygen atoms in total. The second kappa shape index (κ2) is 6.52. The minimum atomic E-state index is -0.756. The molecule has 0 saturated carbocycles. The Morgan fingerprint density at radius 1 is 1.39 bits per heavy atom. The number of benzene rings is 1. The van der Waals surface area contributed by atoms with Crippen molar-refractivity contribution in [3.8, 4) is 0 Å². The first-order chi connectivity index (χ1) is 8.45. The quantitative estimate of drug-likeness (QED) is 0.780. The normalized spacial score (nSPS) is 14.1. The van der Waals surface area contributed by atoms with Crippen LogP contribution in [0.25, 0.3) is 0 Å². The molecule has 2 atom stereocenters. The fourth-order valence-electron chi connectivity index (χ4n) is 1.74.